The van der Waals surface area contributed by atoms with Crippen LogP contribution < -0.4 is 10.1 Å². The molecule has 7 nitrogen and oxygen atoms in total. The van der Waals surface area contributed by atoms with Crippen molar-refractivity contribution in [2.75, 3.05) is 19.8 Å². The maximum Gasteiger partial charge on any atom is 0.272 e. The Morgan fingerprint density at radius 2 is 2.14 bits per heavy atom. The van der Waals surface area contributed by atoms with Gasteiger partial charge in [0.15, 0.2) is 5.69 Å². The van der Waals surface area contributed by atoms with E-state index in [0.29, 0.717) is 30.6 Å². The van der Waals surface area contributed by atoms with Gasteiger partial charge in [-0.3, -0.25) is 4.79 Å². The highest BCUT2D eigenvalue weighted by atomic mass is 16.5. The monoisotopic (exact) mass is 394 g/mol. The van der Waals surface area contributed by atoms with Crippen LogP contribution in [-0.2, 0) is 17.8 Å². The van der Waals surface area contributed by atoms with Gasteiger partial charge in [0.2, 0.25) is 5.88 Å². The number of carbonyl (C=O) groups excluding carboxylic acids is 1. The van der Waals surface area contributed by atoms with Gasteiger partial charge >= 0.3 is 0 Å². The number of ether oxygens (including phenoxy) is 2. The lowest BCUT2D eigenvalue weighted by Gasteiger charge is -2.21. The third-order valence-electron chi connectivity index (χ3n) is 5.98. The van der Waals surface area contributed by atoms with Crippen LogP contribution in [0.25, 0.3) is 10.9 Å². The molecule has 0 aliphatic carbocycles. The van der Waals surface area contributed by atoms with E-state index in [1.54, 1.807) is 10.7 Å². The van der Waals surface area contributed by atoms with Crippen LogP contribution in [-0.4, -0.2) is 40.5 Å². The molecular weight excluding hydrogens is 368 g/mol. The first kappa shape index (κ1) is 18.2. The Bertz CT molecular complexity index is 1020. The van der Waals surface area contributed by atoms with Crippen molar-refractivity contribution in [1.29, 1.82) is 0 Å². The van der Waals surface area contributed by atoms with Gasteiger partial charge in [-0.1, -0.05) is 6.07 Å². The van der Waals surface area contributed by atoms with Crippen molar-refractivity contribution < 1.29 is 14.3 Å². The number of hydrogen-bond acceptors (Lipinski definition) is 4. The van der Waals surface area contributed by atoms with Crippen LogP contribution in [0.5, 0.6) is 5.88 Å². The van der Waals surface area contributed by atoms with Crippen LogP contribution in [0.4, 0.5) is 0 Å². The third kappa shape index (κ3) is 3.51. The van der Waals surface area contributed by atoms with E-state index in [1.165, 1.54) is 16.6 Å². The second-order valence-corrected chi connectivity index (χ2v) is 7.91. The molecule has 4 heterocycles. The Morgan fingerprint density at radius 3 is 2.97 bits per heavy atom. The molecule has 2 aromatic heterocycles. The molecule has 2 N–H and O–H groups in total. The quantitative estimate of drug-likeness (QED) is 0.712. The van der Waals surface area contributed by atoms with Crippen LogP contribution in [0.2, 0.25) is 0 Å². The SMILES string of the molecule is Cc1c(C2CCOCC2)[nH]c2ccc(CNC(=O)c3cc4n(n3)CCCO4)cc12. The fourth-order valence-electron chi connectivity index (χ4n) is 4.35. The maximum atomic E-state index is 12.5. The van der Waals surface area contributed by atoms with Crippen molar-refractivity contribution in [3.05, 3.63) is 46.8 Å². The van der Waals surface area contributed by atoms with Crippen molar-refractivity contribution in [2.24, 2.45) is 0 Å². The molecule has 0 saturated carbocycles. The molecule has 0 unspecified atom stereocenters. The van der Waals surface area contributed by atoms with E-state index in [2.05, 4.69) is 40.5 Å². The van der Waals surface area contributed by atoms with E-state index in [1.807, 2.05) is 0 Å². The number of rotatable bonds is 4. The molecule has 2 aliphatic heterocycles. The zero-order valence-electron chi connectivity index (χ0n) is 16.7. The molecule has 0 bridgehead atoms. The summed E-state index contributed by atoms with van der Waals surface area (Å²) in [5.41, 5.74) is 5.26. The van der Waals surface area contributed by atoms with Crippen molar-refractivity contribution in [3.8, 4) is 5.88 Å². The minimum Gasteiger partial charge on any atom is -0.478 e. The fraction of sp³-hybridized carbons (Fsp3) is 0.455. The predicted molar refractivity (Wildman–Crippen MR) is 109 cm³/mol. The Hall–Kier alpha value is -2.80. The summed E-state index contributed by atoms with van der Waals surface area (Å²) in [5, 5.41) is 8.55. The number of amides is 1. The van der Waals surface area contributed by atoms with Crippen molar-refractivity contribution in [1.82, 2.24) is 20.1 Å². The average molecular weight is 394 g/mol. The Labute approximate surface area is 169 Å². The average Bonchev–Trinajstić information content (AvgIpc) is 3.34. The van der Waals surface area contributed by atoms with Crippen molar-refractivity contribution in [3.63, 3.8) is 0 Å². The molecular formula is C22H26N4O3. The number of nitrogens with one attached hydrogen (secondary N) is 2. The number of aryl methyl sites for hydroxylation is 2. The van der Waals surface area contributed by atoms with E-state index in [9.17, 15) is 4.79 Å². The molecule has 7 heteroatoms. The summed E-state index contributed by atoms with van der Waals surface area (Å²) in [6.07, 6.45) is 3.05. The van der Waals surface area contributed by atoms with Gasteiger partial charge in [-0.05, 0) is 43.0 Å². The highest BCUT2D eigenvalue weighted by Crippen LogP contribution is 2.33. The molecule has 0 atom stereocenters. The van der Waals surface area contributed by atoms with Gasteiger partial charge in [-0.15, -0.1) is 0 Å². The summed E-state index contributed by atoms with van der Waals surface area (Å²) in [4.78, 5) is 16.1. The first-order chi connectivity index (χ1) is 14.2. The van der Waals surface area contributed by atoms with E-state index >= 15 is 0 Å². The molecule has 2 aliphatic rings. The third-order valence-corrected chi connectivity index (χ3v) is 5.98. The molecule has 1 amide bonds. The van der Waals surface area contributed by atoms with Crippen LogP contribution >= 0.6 is 0 Å². The lowest BCUT2D eigenvalue weighted by Crippen LogP contribution is -2.23. The summed E-state index contributed by atoms with van der Waals surface area (Å²) in [5.74, 6) is 1.03. The number of carbonyl (C=O) groups is 1. The number of aromatic nitrogens is 3. The summed E-state index contributed by atoms with van der Waals surface area (Å²) in [6, 6.07) is 8.06. The molecule has 1 aromatic carbocycles. The zero-order valence-corrected chi connectivity index (χ0v) is 16.7. The summed E-state index contributed by atoms with van der Waals surface area (Å²) >= 11 is 0. The van der Waals surface area contributed by atoms with Crippen LogP contribution in [0.1, 0.15) is 52.5 Å². The molecule has 1 fully saturated rings. The minimum absolute atomic E-state index is 0.177. The van der Waals surface area contributed by atoms with Gasteiger partial charge in [0.25, 0.3) is 5.91 Å². The van der Waals surface area contributed by atoms with Gasteiger partial charge in [0, 0.05) is 61.3 Å². The van der Waals surface area contributed by atoms with Gasteiger partial charge < -0.3 is 19.8 Å². The lowest BCUT2D eigenvalue weighted by molar-refractivity contribution is 0.0845. The Kier molecular flexibility index (Phi) is 4.75. The van der Waals surface area contributed by atoms with E-state index in [4.69, 9.17) is 9.47 Å². The molecule has 0 radical (unpaired) electrons. The summed E-state index contributed by atoms with van der Waals surface area (Å²) in [7, 11) is 0. The van der Waals surface area contributed by atoms with Gasteiger partial charge in [0.1, 0.15) is 0 Å². The molecule has 152 valence electrons. The predicted octanol–water partition coefficient (Wildman–Crippen LogP) is 3.28. The number of benzene rings is 1. The minimum atomic E-state index is -0.177. The number of H-pyrrole nitrogens is 1. The Balaban J connectivity index is 1.31. The highest BCUT2D eigenvalue weighted by molar-refractivity contribution is 5.92. The van der Waals surface area contributed by atoms with E-state index in [-0.39, 0.29) is 5.91 Å². The fourth-order valence-corrected chi connectivity index (χ4v) is 4.35. The van der Waals surface area contributed by atoms with Gasteiger partial charge in [0.05, 0.1) is 6.61 Å². The van der Waals surface area contributed by atoms with Crippen LogP contribution in [0, 0.1) is 6.92 Å². The van der Waals surface area contributed by atoms with Crippen LogP contribution in [0.3, 0.4) is 0 Å². The lowest BCUT2D eigenvalue weighted by atomic mass is 9.93. The van der Waals surface area contributed by atoms with Crippen LogP contribution in [0.15, 0.2) is 24.3 Å². The highest BCUT2D eigenvalue weighted by Gasteiger charge is 2.21. The zero-order chi connectivity index (χ0) is 19.8. The van der Waals surface area contributed by atoms with Crippen molar-refractivity contribution >= 4 is 16.8 Å². The number of fused-ring (bicyclic) bond motifs is 2. The Morgan fingerprint density at radius 1 is 1.28 bits per heavy atom. The van der Waals surface area contributed by atoms with Gasteiger partial charge in [-0.2, -0.15) is 5.10 Å². The van der Waals surface area contributed by atoms with Crippen molar-refractivity contribution in [2.45, 2.75) is 45.2 Å². The second kappa shape index (κ2) is 7.55. The first-order valence-corrected chi connectivity index (χ1v) is 10.4. The largest absolute Gasteiger partial charge is 0.478 e. The smallest absolute Gasteiger partial charge is 0.272 e. The summed E-state index contributed by atoms with van der Waals surface area (Å²) < 4.78 is 12.8. The van der Waals surface area contributed by atoms with Gasteiger partial charge in [-0.25, -0.2) is 4.68 Å². The standard InChI is InChI=1S/C22H26N4O3/c1-14-17-11-15(3-4-18(17)24-21(14)16-5-9-28-10-6-16)13-23-22(27)19-12-20-26(25-19)7-2-8-29-20/h3-4,11-12,16,24H,2,5-10,13H2,1H3,(H,23,27). The molecule has 0 spiro atoms. The molecule has 5 rings (SSSR count). The van der Waals surface area contributed by atoms with E-state index in [0.717, 1.165) is 50.1 Å². The topological polar surface area (TPSA) is 81.2 Å². The molecule has 1 saturated heterocycles. The second-order valence-electron chi connectivity index (χ2n) is 7.91. The normalized spacial score (nSPS) is 17.1. The molecule has 3 aromatic rings. The van der Waals surface area contributed by atoms with E-state index < -0.39 is 0 Å². The number of aromatic amines is 1. The maximum absolute atomic E-state index is 12.5. The first-order valence-electron chi connectivity index (χ1n) is 10.4. The number of nitrogens with zero attached hydrogens (tertiary/aromatic N) is 2. The summed E-state index contributed by atoms with van der Waals surface area (Å²) in [6.45, 7) is 5.79. The number of hydrogen-bond donors (Lipinski definition) is 2. The molecule has 29 heavy (non-hydrogen) atoms.